The number of hydrogen-bond donors (Lipinski definition) is 1. The number of esters is 1. The second-order valence-electron chi connectivity index (χ2n) is 8.14. The van der Waals surface area contributed by atoms with E-state index in [0.717, 1.165) is 11.1 Å². The summed E-state index contributed by atoms with van der Waals surface area (Å²) < 4.78 is 29.3. The van der Waals surface area contributed by atoms with Gasteiger partial charge in [-0.15, -0.1) is 0 Å². The van der Waals surface area contributed by atoms with Gasteiger partial charge in [-0.2, -0.15) is 0 Å². The lowest BCUT2D eigenvalue weighted by Crippen LogP contribution is -2.49. The Morgan fingerprint density at radius 1 is 0.939 bits per heavy atom. The fraction of sp³-hybridized carbons (Fsp3) is 0.440. The Labute approximate surface area is 196 Å². The van der Waals surface area contributed by atoms with Crippen molar-refractivity contribution in [3.63, 3.8) is 0 Å². The molecule has 2 atom stereocenters. The van der Waals surface area contributed by atoms with E-state index >= 15 is 0 Å². The molecule has 0 aromatic heterocycles. The summed E-state index contributed by atoms with van der Waals surface area (Å²) in [6.07, 6.45) is -0.00706. The maximum atomic E-state index is 13.3. The summed E-state index contributed by atoms with van der Waals surface area (Å²) in [4.78, 5) is 25.9. The molecule has 0 saturated heterocycles. The van der Waals surface area contributed by atoms with E-state index < -0.39 is 25.0 Å². The summed E-state index contributed by atoms with van der Waals surface area (Å²) in [5, 5.41) is 0. The third-order valence-electron chi connectivity index (χ3n) is 5.10. The number of ether oxygens (including phenoxy) is 1. The zero-order chi connectivity index (χ0) is 24.3. The van der Waals surface area contributed by atoms with Crippen LogP contribution in [0.4, 0.5) is 0 Å². The quantitative estimate of drug-likeness (QED) is 0.316. The van der Waals surface area contributed by atoms with Gasteiger partial charge in [-0.1, -0.05) is 60.7 Å². The van der Waals surface area contributed by atoms with Crippen LogP contribution in [0.3, 0.4) is 0 Å². The molecule has 0 saturated carbocycles. The van der Waals surface area contributed by atoms with E-state index in [9.17, 15) is 14.2 Å². The van der Waals surface area contributed by atoms with Crippen molar-refractivity contribution in [3.8, 4) is 0 Å². The fourth-order valence-corrected chi connectivity index (χ4v) is 5.40. The van der Waals surface area contributed by atoms with Crippen LogP contribution in [0.1, 0.15) is 38.3 Å². The molecule has 0 bridgehead atoms. The van der Waals surface area contributed by atoms with E-state index in [4.69, 9.17) is 19.5 Å². The lowest BCUT2D eigenvalue weighted by atomic mass is 9.88. The van der Waals surface area contributed by atoms with E-state index in [-0.39, 0.29) is 38.2 Å². The molecule has 1 unspecified atom stereocenters. The second-order valence-corrected chi connectivity index (χ2v) is 10.2. The average Bonchev–Trinajstić information content (AvgIpc) is 2.78. The monoisotopic (exact) mass is 475 g/mol. The van der Waals surface area contributed by atoms with Gasteiger partial charge >= 0.3 is 13.6 Å². The van der Waals surface area contributed by atoms with Crippen LogP contribution in [0.2, 0.25) is 0 Å². The maximum Gasteiger partial charge on any atom is 0.331 e. The van der Waals surface area contributed by atoms with Crippen LogP contribution >= 0.6 is 7.60 Å². The maximum absolute atomic E-state index is 13.3. The van der Waals surface area contributed by atoms with E-state index in [1.165, 1.54) is 6.92 Å². The predicted octanol–water partition coefficient (Wildman–Crippen LogP) is 4.53. The number of ketones is 1. The smallest absolute Gasteiger partial charge is 0.331 e. The average molecular weight is 476 g/mol. The van der Waals surface area contributed by atoms with Gasteiger partial charge in [-0.05, 0) is 38.3 Å². The molecule has 2 rings (SSSR count). The minimum absolute atomic E-state index is 0.0674. The lowest BCUT2D eigenvalue weighted by molar-refractivity contribution is -0.152. The zero-order valence-corrected chi connectivity index (χ0v) is 20.5. The summed E-state index contributed by atoms with van der Waals surface area (Å²) in [5.74, 6) is -1.66. The van der Waals surface area contributed by atoms with Gasteiger partial charge in [0.15, 0.2) is 0 Å². The number of rotatable bonds is 14. The first-order valence-corrected chi connectivity index (χ1v) is 12.9. The predicted molar refractivity (Wildman–Crippen MR) is 128 cm³/mol. The number of hydrogen-bond acceptors (Lipinski definition) is 7. The molecule has 0 aliphatic rings. The highest BCUT2D eigenvalue weighted by Gasteiger charge is 2.38. The Kier molecular flexibility index (Phi) is 10.5. The molecule has 0 aliphatic heterocycles. The summed E-state index contributed by atoms with van der Waals surface area (Å²) in [6, 6.07) is 18.6. The summed E-state index contributed by atoms with van der Waals surface area (Å²) in [5.41, 5.74) is 6.41. The second kappa shape index (κ2) is 12.8. The Bertz CT molecular complexity index is 922. The molecule has 0 heterocycles. The number of carbonyl (C=O) groups is 2. The van der Waals surface area contributed by atoms with Crippen molar-refractivity contribution in [2.24, 2.45) is 11.7 Å². The first-order valence-electron chi connectivity index (χ1n) is 11.1. The van der Waals surface area contributed by atoms with Gasteiger partial charge < -0.3 is 19.5 Å². The standard InChI is InChI=1S/C25H34NO6P/c1-4-31-33(29,32-5-2)19-22(16-20-12-8-6-9-13-20)23(27)17-25(3,26)24(28)30-18-21-14-10-7-11-15-21/h6-15,22H,4-5,16-19,26H2,1-3H3/t22-,25?/m1/s1. The van der Waals surface area contributed by atoms with Crippen LogP contribution < -0.4 is 5.73 Å². The van der Waals surface area contributed by atoms with Crippen LogP contribution in [-0.2, 0) is 41.0 Å². The highest BCUT2D eigenvalue weighted by atomic mass is 31.2. The Morgan fingerprint density at radius 2 is 1.45 bits per heavy atom. The number of carbonyl (C=O) groups excluding carboxylic acids is 2. The van der Waals surface area contributed by atoms with Crippen molar-refractivity contribution >= 4 is 19.3 Å². The first-order chi connectivity index (χ1) is 15.7. The van der Waals surface area contributed by atoms with Crippen molar-refractivity contribution < 1.29 is 27.9 Å². The third kappa shape index (κ3) is 8.86. The van der Waals surface area contributed by atoms with Crippen LogP contribution in [0.15, 0.2) is 60.7 Å². The van der Waals surface area contributed by atoms with Gasteiger partial charge in [0, 0.05) is 12.3 Å². The molecule has 180 valence electrons. The topological polar surface area (TPSA) is 105 Å². The first kappa shape index (κ1) is 26.9. The molecule has 8 heteroatoms. The van der Waals surface area contributed by atoms with E-state index in [1.54, 1.807) is 13.8 Å². The lowest BCUT2D eigenvalue weighted by Gasteiger charge is -2.26. The summed E-state index contributed by atoms with van der Waals surface area (Å²) >= 11 is 0. The van der Waals surface area contributed by atoms with Crippen molar-refractivity contribution in [3.05, 3.63) is 71.8 Å². The molecular formula is C25H34NO6P. The van der Waals surface area contributed by atoms with Crippen molar-refractivity contribution in [2.75, 3.05) is 19.4 Å². The molecule has 0 amide bonds. The largest absolute Gasteiger partial charge is 0.459 e. The van der Waals surface area contributed by atoms with E-state index in [1.807, 2.05) is 60.7 Å². The van der Waals surface area contributed by atoms with E-state index in [2.05, 4.69) is 0 Å². The third-order valence-corrected chi connectivity index (χ3v) is 7.29. The highest BCUT2D eigenvalue weighted by molar-refractivity contribution is 7.53. The van der Waals surface area contributed by atoms with Gasteiger partial charge in [0.1, 0.15) is 17.9 Å². The summed E-state index contributed by atoms with van der Waals surface area (Å²) in [7, 11) is -3.49. The van der Waals surface area contributed by atoms with Crippen LogP contribution in [0, 0.1) is 5.92 Å². The number of benzene rings is 2. The van der Waals surface area contributed by atoms with Crippen molar-refractivity contribution in [2.45, 2.75) is 45.8 Å². The van der Waals surface area contributed by atoms with E-state index in [0.29, 0.717) is 6.42 Å². The molecule has 0 aliphatic carbocycles. The fourth-order valence-electron chi connectivity index (χ4n) is 3.45. The minimum Gasteiger partial charge on any atom is -0.459 e. The molecule has 7 nitrogen and oxygen atoms in total. The van der Waals surface area contributed by atoms with Gasteiger partial charge in [0.2, 0.25) is 0 Å². The molecule has 2 aromatic rings. The Hall–Kier alpha value is -2.31. The van der Waals surface area contributed by atoms with Gasteiger partial charge in [-0.3, -0.25) is 14.2 Å². The Morgan fingerprint density at radius 3 is 1.97 bits per heavy atom. The molecule has 0 fully saturated rings. The van der Waals surface area contributed by atoms with Crippen molar-refractivity contribution in [1.82, 2.24) is 0 Å². The van der Waals surface area contributed by atoms with Crippen LogP contribution in [0.25, 0.3) is 0 Å². The van der Waals surface area contributed by atoms with Crippen LogP contribution in [0.5, 0.6) is 0 Å². The minimum atomic E-state index is -3.49. The molecule has 33 heavy (non-hydrogen) atoms. The Balaban J connectivity index is 2.14. The zero-order valence-electron chi connectivity index (χ0n) is 19.6. The molecule has 0 radical (unpaired) electrons. The van der Waals surface area contributed by atoms with Crippen LogP contribution in [-0.4, -0.2) is 36.7 Å². The van der Waals surface area contributed by atoms with Gasteiger partial charge in [0.05, 0.1) is 19.4 Å². The molecular weight excluding hydrogens is 441 g/mol. The molecule has 2 aromatic carbocycles. The molecule has 0 spiro atoms. The normalized spacial score (nSPS) is 14.3. The summed E-state index contributed by atoms with van der Waals surface area (Å²) in [6.45, 7) is 5.38. The SMILES string of the molecule is CCOP(=O)(C[C@@H](Cc1ccccc1)C(=O)CC(C)(N)C(=O)OCc1ccccc1)OCC. The van der Waals surface area contributed by atoms with Gasteiger partial charge in [-0.25, -0.2) is 0 Å². The number of nitrogens with two attached hydrogens (primary N) is 1. The number of Topliss-reactive ketones (excluding diaryl/α,β-unsaturated/α-hetero) is 1. The van der Waals surface area contributed by atoms with Gasteiger partial charge in [0.25, 0.3) is 0 Å². The highest BCUT2D eigenvalue weighted by Crippen LogP contribution is 2.50. The molecule has 2 N–H and O–H groups in total. The van der Waals surface area contributed by atoms with Crippen molar-refractivity contribution in [1.29, 1.82) is 0 Å².